The number of para-hydroxylation sites is 1. The van der Waals surface area contributed by atoms with Crippen molar-refractivity contribution in [1.82, 2.24) is 29.1 Å². The molecule has 16 heteroatoms. The number of likely N-dealkylation sites (tertiary alicyclic amines) is 3. The van der Waals surface area contributed by atoms with Crippen molar-refractivity contribution in [2.24, 2.45) is 18.9 Å². The number of aryl methyl sites for hydroxylation is 2. The highest BCUT2D eigenvalue weighted by molar-refractivity contribution is 6.32. The lowest BCUT2D eigenvalue weighted by atomic mass is 9.98. The van der Waals surface area contributed by atoms with Crippen LogP contribution in [0.4, 0.5) is 15.3 Å². The van der Waals surface area contributed by atoms with Gasteiger partial charge in [-0.25, -0.2) is 19.2 Å². The highest BCUT2D eigenvalue weighted by Gasteiger charge is 2.36. The molecule has 7 rings (SSSR count). The summed E-state index contributed by atoms with van der Waals surface area (Å²) >= 11 is 0. The quantitative estimate of drug-likeness (QED) is 0.161. The lowest BCUT2D eigenvalue weighted by molar-refractivity contribution is -0.161. The molecule has 346 valence electrons. The van der Waals surface area contributed by atoms with E-state index >= 15 is 0 Å². The second-order valence-corrected chi connectivity index (χ2v) is 17.8. The summed E-state index contributed by atoms with van der Waals surface area (Å²) in [5.74, 6) is -0.645. The van der Waals surface area contributed by atoms with Crippen molar-refractivity contribution in [3.05, 3.63) is 63.6 Å². The number of carbonyl (C=O) groups is 5. The topological polar surface area (TPSA) is 167 Å². The second kappa shape index (κ2) is 22.3. The molecule has 0 saturated carbocycles. The first kappa shape index (κ1) is 48.6. The highest BCUT2D eigenvalue weighted by atomic mass is 16.6. The number of nitrogens with zero attached hydrogens (tertiary/aromatic N) is 6. The summed E-state index contributed by atoms with van der Waals surface area (Å²) in [5.41, 5.74) is 4.72. The number of hydrogen-bond donors (Lipinski definition) is 1. The molecule has 2 aromatic carbocycles. The van der Waals surface area contributed by atoms with Gasteiger partial charge < -0.3 is 43.7 Å². The number of rotatable bonds is 9. The molecular weight excluding hydrogens is 807 g/mol. The molecule has 5 amide bonds. The number of aromatic nitrogens is 1. The minimum Gasteiger partial charge on any atom is -0.458 e. The molecule has 1 N–H and O–H groups in total. The number of urea groups is 1. The molecule has 16 nitrogen and oxygen atoms in total. The van der Waals surface area contributed by atoms with E-state index < -0.39 is 29.8 Å². The van der Waals surface area contributed by atoms with E-state index in [9.17, 15) is 28.8 Å². The zero-order valence-corrected chi connectivity index (χ0v) is 37.4. The summed E-state index contributed by atoms with van der Waals surface area (Å²) in [6.45, 7) is 11.5. The van der Waals surface area contributed by atoms with Gasteiger partial charge in [-0.15, -0.1) is 0 Å². The molecular formula is C47H69N7O9. The van der Waals surface area contributed by atoms with Crippen molar-refractivity contribution in [2.75, 3.05) is 78.4 Å². The lowest BCUT2D eigenvalue weighted by Gasteiger charge is -2.38. The second-order valence-electron chi connectivity index (χ2n) is 17.8. The molecule has 0 spiro atoms. The molecule has 0 aliphatic carbocycles. The average molecular weight is 876 g/mol. The standard InChI is InChI=1S/C33H41N5O6.C13H24N2O3.CH4/c1-21-8-13-36(14-9-21)30(39)28(20-23-18-22(2)29-27(19-23)43-32(41)35(29)3)44-33(42)37-15-11-25(12-16-37)38-17-10-24-6-4-5-7-26(24)34-31(38)40;1-11-5-8-15(9-6-11)12(16)13(17)18-10-4-7-14(2)3;/h4-7,18-19,21,25,28H,8-17,20H2,1-3H3,(H,34,40);11H,4-10H2,1-3H3;1H4/t28-;;/m1../s1. The Morgan fingerprint density at radius 1 is 0.857 bits per heavy atom. The molecule has 3 fully saturated rings. The molecule has 63 heavy (non-hydrogen) atoms. The van der Waals surface area contributed by atoms with Gasteiger partial charge in [0.2, 0.25) is 0 Å². The van der Waals surface area contributed by atoms with Gasteiger partial charge in [0.05, 0.1) is 12.1 Å². The molecule has 0 bridgehead atoms. The van der Waals surface area contributed by atoms with Crippen LogP contribution in [0.2, 0.25) is 0 Å². The molecule has 1 atom stereocenters. The first-order valence-electron chi connectivity index (χ1n) is 22.3. The van der Waals surface area contributed by atoms with Gasteiger partial charge in [0.25, 0.3) is 5.91 Å². The van der Waals surface area contributed by atoms with Crippen molar-refractivity contribution < 1.29 is 37.9 Å². The van der Waals surface area contributed by atoms with E-state index in [1.165, 1.54) is 4.57 Å². The van der Waals surface area contributed by atoms with Gasteiger partial charge in [-0.05, 0) is 113 Å². The number of oxazole rings is 1. The smallest absolute Gasteiger partial charge is 0.419 e. The molecule has 0 radical (unpaired) electrons. The Hall–Kier alpha value is -5.38. The van der Waals surface area contributed by atoms with Crippen molar-refractivity contribution in [2.45, 2.75) is 98.1 Å². The zero-order chi connectivity index (χ0) is 44.5. The van der Waals surface area contributed by atoms with E-state index in [4.69, 9.17) is 13.9 Å². The summed E-state index contributed by atoms with van der Waals surface area (Å²) in [5, 5.41) is 3.03. The van der Waals surface area contributed by atoms with Crippen molar-refractivity contribution in [3.8, 4) is 0 Å². The predicted octanol–water partition coefficient (Wildman–Crippen LogP) is 5.68. The minimum absolute atomic E-state index is 0. The van der Waals surface area contributed by atoms with Crippen molar-refractivity contribution >= 4 is 46.7 Å². The van der Waals surface area contributed by atoms with Gasteiger partial charge >= 0.3 is 29.8 Å². The first-order chi connectivity index (χ1) is 29.7. The van der Waals surface area contributed by atoms with Crippen LogP contribution >= 0.6 is 0 Å². The number of esters is 1. The zero-order valence-electron chi connectivity index (χ0n) is 37.4. The van der Waals surface area contributed by atoms with Crippen LogP contribution in [0.1, 0.15) is 82.9 Å². The first-order valence-corrected chi connectivity index (χ1v) is 22.3. The minimum atomic E-state index is -1.00. The third-order valence-corrected chi connectivity index (χ3v) is 12.7. The number of nitrogens with one attached hydrogen (secondary N) is 1. The molecule has 5 heterocycles. The maximum Gasteiger partial charge on any atom is 0.419 e. The summed E-state index contributed by atoms with van der Waals surface area (Å²) in [6.07, 6.45) is 5.20. The van der Waals surface area contributed by atoms with Crippen molar-refractivity contribution in [3.63, 3.8) is 0 Å². The van der Waals surface area contributed by atoms with Crippen LogP contribution in [0.5, 0.6) is 0 Å². The summed E-state index contributed by atoms with van der Waals surface area (Å²) < 4.78 is 17.8. The molecule has 3 aromatic rings. The molecule has 3 saturated heterocycles. The van der Waals surface area contributed by atoms with E-state index in [0.29, 0.717) is 88.2 Å². The fourth-order valence-electron chi connectivity index (χ4n) is 8.77. The van der Waals surface area contributed by atoms with E-state index in [-0.39, 0.29) is 31.8 Å². The largest absolute Gasteiger partial charge is 0.458 e. The number of ether oxygens (including phenoxy) is 2. The fourth-order valence-corrected chi connectivity index (χ4v) is 8.77. The predicted molar refractivity (Wildman–Crippen MR) is 241 cm³/mol. The maximum atomic E-state index is 13.8. The van der Waals surface area contributed by atoms with Crippen molar-refractivity contribution in [1.29, 1.82) is 0 Å². The molecule has 4 aliphatic heterocycles. The van der Waals surface area contributed by atoms with Crippen LogP contribution in [-0.2, 0) is 43.7 Å². The number of carbonyl (C=O) groups excluding carboxylic acids is 5. The van der Waals surface area contributed by atoms with Crippen LogP contribution < -0.4 is 11.1 Å². The van der Waals surface area contributed by atoms with Crippen LogP contribution in [0.15, 0.2) is 45.6 Å². The third kappa shape index (κ3) is 12.6. The lowest BCUT2D eigenvalue weighted by Crippen LogP contribution is -2.51. The van der Waals surface area contributed by atoms with E-state index in [0.717, 1.165) is 67.4 Å². The Labute approximate surface area is 371 Å². The Morgan fingerprint density at radius 3 is 2.13 bits per heavy atom. The number of hydrogen-bond acceptors (Lipinski definition) is 10. The number of benzene rings is 2. The number of amides is 5. The van der Waals surface area contributed by atoms with Gasteiger partial charge in [0, 0.05) is 77.6 Å². The fraction of sp³-hybridized carbons (Fsp3) is 0.617. The number of fused-ring (bicyclic) bond motifs is 2. The highest BCUT2D eigenvalue weighted by Crippen LogP contribution is 2.27. The van der Waals surface area contributed by atoms with Gasteiger partial charge in [-0.2, -0.15) is 0 Å². The van der Waals surface area contributed by atoms with Crippen LogP contribution in [0, 0.1) is 18.8 Å². The van der Waals surface area contributed by atoms with Gasteiger partial charge in [0.15, 0.2) is 11.7 Å². The Kier molecular flexibility index (Phi) is 17.2. The molecule has 0 unspecified atom stereocenters. The monoisotopic (exact) mass is 876 g/mol. The normalized spacial score (nSPS) is 18.1. The Bertz CT molecular complexity index is 2110. The number of piperidine rings is 3. The van der Waals surface area contributed by atoms with E-state index in [2.05, 4.69) is 19.2 Å². The number of anilines is 1. The van der Waals surface area contributed by atoms with Crippen LogP contribution in [-0.4, -0.2) is 144 Å². The summed E-state index contributed by atoms with van der Waals surface area (Å²) in [6, 6.07) is 11.4. The SMILES string of the molecule is C.CC1CCN(C(=O)C(=O)OCCCN(C)C)CC1.Cc1cc(C[C@@H](OC(=O)N2CCC(N3CCc4ccccc4NC3=O)CC2)C(=O)N2CCC(C)CC2)cc2oc(=O)n(C)c12. The summed E-state index contributed by atoms with van der Waals surface area (Å²) in [4.78, 5) is 84.7. The van der Waals surface area contributed by atoms with E-state index in [1.807, 2.05) is 61.2 Å². The Balaban J connectivity index is 0.000000333. The summed E-state index contributed by atoms with van der Waals surface area (Å²) in [7, 11) is 5.58. The maximum absolute atomic E-state index is 13.8. The van der Waals surface area contributed by atoms with Gasteiger partial charge in [-0.1, -0.05) is 45.5 Å². The van der Waals surface area contributed by atoms with E-state index in [1.54, 1.807) is 27.8 Å². The molecule has 1 aromatic heterocycles. The average Bonchev–Trinajstić information content (AvgIpc) is 3.43. The Morgan fingerprint density at radius 2 is 1.48 bits per heavy atom. The molecule has 4 aliphatic rings. The van der Waals surface area contributed by atoms with Gasteiger partial charge in [-0.3, -0.25) is 14.2 Å². The van der Waals surface area contributed by atoms with Crippen LogP contribution in [0.25, 0.3) is 11.1 Å². The van der Waals surface area contributed by atoms with Crippen LogP contribution in [0.3, 0.4) is 0 Å². The third-order valence-electron chi connectivity index (χ3n) is 12.7. The van der Waals surface area contributed by atoms with Gasteiger partial charge in [0.1, 0.15) is 0 Å².